The van der Waals surface area contributed by atoms with Crippen LogP contribution in [0.2, 0.25) is 0 Å². The van der Waals surface area contributed by atoms with Crippen LogP contribution >= 0.6 is 22.7 Å². The lowest BCUT2D eigenvalue weighted by Crippen LogP contribution is -2.12. The van der Waals surface area contributed by atoms with Crippen molar-refractivity contribution >= 4 is 55.9 Å². The maximum atomic E-state index is 11.8. The minimum Gasteiger partial charge on any atom is -0.364 e. The molecule has 6 nitrogen and oxygen atoms in total. The third-order valence-corrected chi connectivity index (χ3v) is 4.43. The molecule has 0 aliphatic heterocycles. The number of thiazole rings is 2. The number of para-hydroxylation sites is 1. The van der Waals surface area contributed by atoms with Crippen molar-refractivity contribution in [1.82, 2.24) is 9.97 Å². The Morgan fingerprint density at radius 3 is 2.77 bits per heavy atom. The number of hydrogen-bond acceptors (Lipinski definition) is 6. The average Bonchev–Trinajstić information content (AvgIpc) is 3.11. The zero-order valence-electron chi connectivity index (χ0n) is 11.1. The molecule has 8 heteroatoms. The average molecular weight is 330 g/mol. The molecule has 0 atom stereocenters. The minimum atomic E-state index is -0.623. The number of amides is 2. The van der Waals surface area contributed by atoms with E-state index in [-0.39, 0.29) is 11.6 Å². The Morgan fingerprint density at radius 2 is 2.05 bits per heavy atom. The number of nitrogens with one attached hydrogen (secondary N) is 1. The van der Waals surface area contributed by atoms with Crippen LogP contribution in [0.5, 0.6) is 0 Å². The molecule has 0 bridgehead atoms. The van der Waals surface area contributed by atoms with Gasteiger partial charge in [0.05, 0.1) is 10.2 Å². The van der Waals surface area contributed by atoms with Gasteiger partial charge in [-0.25, -0.2) is 9.97 Å². The van der Waals surface area contributed by atoms with E-state index in [1.54, 1.807) is 6.08 Å². The monoisotopic (exact) mass is 330 g/mol. The highest BCUT2D eigenvalue weighted by atomic mass is 32.1. The Balaban J connectivity index is 1.68. The van der Waals surface area contributed by atoms with Crippen LogP contribution in [0.3, 0.4) is 0 Å². The predicted octanol–water partition coefficient (Wildman–Crippen LogP) is 2.50. The molecule has 110 valence electrons. The standard InChI is InChI=1S/C14H10N4O2S2/c15-13(20)9-7-21-14(17-9)18-11(19)5-6-12-16-8-3-1-2-4-10(8)22-12/h1-7H,(H2,15,20)(H,17,18,19)/b6-5+. The van der Waals surface area contributed by atoms with E-state index in [1.165, 1.54) is 22.8 Å². The van der Waals surface area contributed by atoms with Crippen LogP contribution in [-0.2, 0) is 4.79 Å². The fourth-order valence-corrected chi connectivity index (χ4v) is 3.27. The molecular formula is C14H10N4O2S2. The molecule has 22 heavy (non-hydrogen) atoms. The molecule has 0 spiro atoms. The van der Waals surface area contributed by atoms with Crippen molar-refractivity contribution in [2.24, 2.45) is 5.73 Å². The molecule has 3 rings (SSSR count). The van der Waals surface area contributed by atoms with Crippen molar-refractivity contribution in [2.75, 3.05) is 5.32 Å². The third-order valence-electron chi connectivity index (χ3n) is 2.67. The Morgan fingerprint density at radius 1 is 1.23 bits per heavy atom. The van der Waals surface area contributed by atoms with Gasteiger partial charge in [-0.3, -0.25) is 14.9 Å². The molecule has 0 saturated heterocycles. The van der Waals surface area contributed by atoms with Gasteiger partial charge in [-0.15, -0.1) is 22.7 Å². The number of primary amides is 1. The first-order chi connectivity index (χ1) is 10.6. The molecule has 0 aliphatic rings. The highest BCUT2D eigenvalue weighted by Gasteiger charge is 2.08. The second-order valence-electron chi connectivity index (χ2n) is 4.24. The van der Waals surface area contributed by atoms with E-state index in [9.17, 15) is 9.59 Å². The summed E-state index contributed by atoms with van der Waals surface area (Å²) in [6.45, 7) is 0. The first-order valence-corrected chi connectivity index (χ1v) is 7.91. The first-order valence-electron chi connectivity index (χ1n) is 6.22. The number of carbonyl (C=O) groups is 2. The Labute approximate surface area is 133 Å². The maximum Gasteiger partial charge on any atom is 0.268 e. The summed E-state index contributed by atoms with van der Waals surface area (Å²) in [6.07, 6.45) is 3.02. The number of anilines is 1. The molecule has 0 unspecified atom stereocenters. The number of aromatic nitrogens is 2. The van der Waals surface area contributed by atoms with Gasteiger partial charge in [-0.1, -0.05) is 12.1 Å². The molecule has 2 aromatic heterocycles. The molecule has 3 N–H and O–H groups in total. The van der Waals surface area contributed by atoms with Gasteiger partial charge in [-0.05, 0) is 18.2 Å². The van der Waals surface area contributed by atoms with E-state index in [1.807, 2.05) is 24.3 Å². The Kier molecular flexibility index (Phi) is 3.94. The zero-order valence-corrected chi connectivity index (χ0v) is 12.8. The van der Waals surface area contributed by atoms with Crippen LogP contribution < -0.4 is 11.1 Å². The van der Waals surface area contributed by atoms with Crippen molar-refractivity contribution in [3.63, 3.8) is 0 Å². The number of hydrogen-bond donors (Lipinski definition) is 2. The highest BCUT2D eigenvalue weighted by molar-refractivity contribution is 7.19. The smallest absolute Gasteiger partial charge is 0.268 e. The van der Waals surface area contributed by atoms with E-state index in [4.69, 9.17) is 5.73 Å². The topological polar surface area (TPSA) is 98.0 Å². The van der Waals surface area contributed by atoms with Crippen molar-refractivity contribution in [1.29, 1.82) is 0 Å². The van der Waals surface area contributed by atoms with Gasteiger partial charge >= 0.3 is 0 Å². The summed E-state index contributed by atoms with van der Waals surface area (Å²) < 4.78 is 1.06. The van der Waals surface area contributed by atoms with Crippen LogP contribution in [0, 0.1) is 0 Å². The minimum absolute atomic E-state index is 0.135. The molecule has 1 aromatic carbocycles. The van der Waals surface area contributed by atoms with Crippen LogP contribution in [-0.4, -0.2) is 21.8 Å². The number of benzene rings is 1. The van der Waals surface area contributed by atoms with Crippen LogP contribution in [0.25, 0.3) is 16.3 Å². The van der Waals surface area contributed by atoms with Gasteiger partial charge in [0.1, 0.15) is 10.7 Å². The summed E-state index contributed by atoms with van der Waals surface area (Å²) in [5.41, 5.74) is 6.14. The zero-order chi connectivity index (χ0) is 15.5. The van der Waals surface area contributed by atoms with Crippen molar-refractivity contribution in [3.8, 4) is 0 Å². The second kappa shape index (κ2) is 6.04. The van der Waals surface area contributed by atoms with E-state index in [0.29, 0.717) is 5.13 Å². The Hall–Kier alpha value is -2.58. The predicted molar refractivity (Wildman–Crippen MR) is 87.9 cm³/mol. The normalized spacial score (nSPS) is 11.1. The molecule has 2 heterocycles. The van der Waals surface area contributed by atoms with Gasteiger partial charge in [0.15, 0.2) is 5.13 Å². The molecular weight excluding hydrogens is 320 g/mol. The molecule has 0 fully saturated rings. The van der Waals surface area contributed by atoms with Crippen molar-refractivity contribution in [2.45, 2.75) is 0 Å². The SMILES string of the molecule is NC(=O)c1csc(NC(=O)/C=C/c2nc3ccccc3s2)n1. The summed E-state index contributed by atoms with van der Waals surface area (Å²) in [5.74, 6) is -0.966. The molecule has 0 aliphatic carbocycles. The largest absolute Gasteiger partial charge is 0.364 e. The van der Waals surface area contributed by atoms with Crippen molar-refractivity contribution in [3.05, 3.63) is 46.4 Å². The van der Waals surface area contributed by atoms with E-state index >= 15 is 0 Å². The van der Waals surface area contributed by atoms with Gasteiger partial charge in [0.2, 0.25) is 5.91 Å². The fraction of sp³-hybridized carbons (Fsp3) is 0. The molecule has 0 saturated carbocycles. The van der Waals surface area contributed by atoms with E-state index in [0.717, 1.165) is 26.6 Å². The quantitative estimate of drug-likeness (QED) is 0.718. The van der Waals surface area contributed by atoms with Gasteiger partial charge < -0.3 is 5.73 Å². The van der Waals surface area contributed by atoms with E-state index in [2.05, 4.69) is 15.3 Å². The number of fused-ring (bicyclic) bond motifs is 1. The summed E-state index contributed by atoms with van der Waals surface area (Å²) in [5, 5.41) is 5.14. The van der Waals surface area contributed by atoms with E-state index < -0.39 is 5.91 Å². The van der Waals surface area contributed by atoms with Gasteiger partial charge in [0.25, 0.3) is 5.91 Å². The van der Waals surface area contributed by atoms with Crippen molar-refractivity contribution < 1.29 is 9.59 Å². The highest BCUT2D eigenvalue weighted by Crippen LogP contribution is 2.22. The summed E-state index contributed by atoms with van der Waals surface area (Å²) in [7, 11) is 0. The van der Waals surface area contributed by atoms with Crippen LogP contribution in [0.15, 0.2) is 35.7 Å². The Bertz CT molecular complexity index is 849. The van der Waals surface area contributed by atoms with Gasteiger partial charge in [0, 0.05) is 11.5 Å². The van der Waals surface area contributed by atoms with Crippen LogP contribution in [0.4, 0.5) is 5.13 Å². The van der Waals surface area contributed by atoms with Crippen LogP contribution in [0.1, 0.15) is 15.5 Å². The summed E-state index contributed by atoms with van der Waals surface area (Å²) >= 11 is 2.64. The fourth-order valence-electron chi connectivity index (χ4n) is 1.70. The number of nitrogens with zero attached hydrogens (tertiary/aromatic N) is 2. The number of nitrogens with two attached hydrogens (primary N) is 1. The molecule has 3 aromatic rings. The summed E-state index contributed by atoms with van der Waals surface area (Å²) in [4.78, 5) is 31.0. The summed E-state index contributed by atoms with van der Waals surface area (Å²) in [6, 6.07) is 7.76. The number of rotatable bonds is 4. The lowest BCUT2D eigenvalue weighted by atomic mass is 10.3. The molecule has 0 radical (unpaired) electrons. The third kappa shape index (κ3) is 3.18. The second-order valence-corrected chi connectivity index (χ2v) is 6.16. The maximum absolute atomic E-state index is 11.8. The lowest BCUT2D eigenvalue weighted by Gasteiger charge is -1.94. The molecule has 2 amide bonds. The number of carbonyl (C=O) groups excluding carboxylic acids is 2. The lowest BCUT2D eigenvalue weighted by molar-refractivity contribution is -0.111. The first kappa shape index (κ1) is 14.4. The van der Waals surface area contributed by atoms with Gasteiger partial charge in [-0.2, -0.15) is 0 Å².